The summed E-state index contributed by atoms with van der Waals surface area (Å²) in [5, 5.41) is 0. The third kappa shape index (κ3) is 10.9. The molecule has 0 atom stereocenters. The van der Waals surface area contributed by atoms with Crippen molar-refractivity contribution in [3.8, 4) is 22.6 Å². The summed E-state index contributed by atoms with van der Waals surface area (Å²) in [7, 11) is 1.63. The molecule has 0 unspecified atom stereocenters. The second-order valence-corrected chi connectivity index (χ2v) is 14.6. The molecule has 0 radical (unpaired) electrons. The topological polar surface area (TPSA) is 61.8 Å². The number of hydrogen-bond acceptors (Lipinski definition) is 5. The minimum Gasteiger partial charge on any atom is -0.497 e. The first kappa shape index (κ1) is 38.6. The van der Waals surface area contributed by atoms with Gasteiger partial charge in [0.2, 0.25) is 0 Å². The molecule has 0 fully saturated rings. The van der Waals surface area contributed by atoms with Crippen molar-refractivity contribution >= 4 is 36.2 Å². The number of ether oxygens (including phenoxy) is 3. The number of methoxy groups -OCH3 is 1. The molecule has 5 heteroatoms. The molecule has 51 heavy (non-hydrogen) atoms. The van der Waals surface area contributed by atoms with E-state index in [9.17, 15) is 9.59 Å². The Labute approximate surface area is 304 Å². The van der Waals surface area contributed by atoms with E-state index in [2.05, 4.69) is 84.0 Å². The van der Waals surface area contributed by atoms with E-state index in [4.69, 9.17) is 14.2 Å². The molecule has 4 rings (SSSR count). The van der Waals surface area contributed by atoms with Gasteiger partial charge in [-0.15, -0.1) is 0 Å². The van der Waals surface area contributed by atoms with Gasteiger partial charge < -0.3 is 14.2 Å². The van der Waals surface area contributed by atoms with Crippen LogP contribution in [0.1, 0.15) is 119 Å². The predicted molar refractivity (Wildman–Crippen MR) is 212 cm³/mol. The first-order valence-corrected chi connectivity index (χ1v) is 17.7. The number of esters is 2. The fraction of sp³-hybridized carbons (Fsp3) is 0.304. The second-order valence-electron chi connectivity index (χ2n) is 14.6. The summed E-state index contributed by atoms with van der Waals surface area (Å²) in [5.74, 6) is 0.930. The second kappa shape index (κ2) is 17.2. The molecule has 266 valence electrons. The molecule has 0 aliphatic rings. The Morgan fingerprint density at radius 1 is 0.608 bits per heavy atom. The lowest BCUT2D eigenvalue weighted by molar-refractivity contribution is -0.148. The molecule has 0 aliphatic carbocycles. The lowest BCUT2D eigenvalue weighted by atomic mass is 9.87. The highest BCUT2D eigenvalue weighted by molar-refractivity contribution is 5.93. The molecule has 0 saturated carbocycles. The summed E-state index contributed by atoms with van der Waals surface area (Å²) in [6, 6.07) is 26.2. The van der Waals surface area contributed by atoms with Crippen molar-refractivity contribution in [2.75, 3.05) is 7.11 Å². The van der Waals surface area contributed by atoms with Crippen LogP contribution in [0, 0.1) is 0 Å². The van der Waals surface area contributed by atoms with Crippen LogP contribution < -0.4 is 9.47 Å². The van der Waals surface area contributed by atoms with Crippen LogP contribution in [0.4, 0.5) is 0 Å². The maximum atomic E-state index is 13.3. The van der Waals surface area contributed by atoms with E-state index in [1.807, 2.05) is 69.3 Å². The van der Waals surface area contributed by atoms with E-state index in [1.165, 1.54) is 17.7 Å². The fourth-order valence-electron chi connectivity index (χ4n) is 5.80. The Bertz CT molecular complexity index is 1910. The average molecular weight is 685 g/mol. The van der Waals surface area contributed by atoms with E-state index >= 15 is 0 Å². The summed E-state index contributed by atoms with van der Waals surface area (Å²) >= 11 is 0. The Morgan fingerprint density at radius 2 is 1.25 bits per heavy atom. The molecule has 0 heterocycles. The third-order valence-corrected chi connectivity index (χ3v) is 8.44. The Morgan fingerprint density at radius 3 is 1.88 bits per heavy atom. The monoisotopic (exact) mass is 684 g/mol. The molecule has 5 nitrogen and oxygen atoms in total. The van der Waals surface area contributed by atoms with Gasteiger partial charge >= 0.3 is 11.9 Å². The SMILES string of the molecule is COc1ccc(/C=C/c2ccc(C(C)C)cc2)c(-c2cc(OC(=O)/C=C/c3ccccc3C(C)C)cc(C(C)C)c2/C=C/C(=O)OC(C)(C)C)c1. The van der Waals surface area contributed by atoms with Crippen LogP contribution in [0.15, 0.2) is 91.0 Å². The van der Waals surface area contributed by atoms with Gasteiger partial charge in [-0.2, -0.15) is 0 Å². The zero-order chi connectivity index (χ0) is 37.3. The molecular formula is C46H52O5. The summed E-state index contributed by atoms with van der Waals surface area (Å²) in [6.07, 6.45) is 10.7. The van der Waals surface area contributed by atoms with Gasteiger partial charge in [0, 0.05) is 12.2 Å². The maximum absolute atomic E-state index is 13.3. The molecule has 0 amide bonds. The summed E-state index contributed by atoms with van der Waals surface area (Å²) in [5.41, 5.74) is 8.15. The van der Waals surface area contributed by atoms with Crippen LogP contribution in [0.5, 0.6) is 11.5 Å². The molecule has 0 aliphatic heterocycles. The first-order valence-electron chi connectivity index (χ1n) is 17.7. The Hall–Kier alpha value is -5.16. The van der Waals surface area contributed by atoms with Crippen LogP contribution in [0.25, 0.3) is 35.4 Å². The van der Waals surface area contributed by atoms with Crippen molar-refractivity contribution in [2.45, 2.75) is 85.7 Å². The summed E-state index contributed by atoms with van der Waals surface area (Å²) < 4.78 is 17.3. The summed E-state index contributed by atoms with van der Waals surface area (Å²) in [6.45, 7) is 18.3. The van der Waals surface area contributed by atoms with Crippen molar-refractivity contribution in [2.24, 2.45) is 0 Å². The molecular weight excluding hydrogens is 633 g/mol. The first-order chi connectivity index (χ1) is 24.1. The highest BCUT2D eigenvalue weighted by atomic mass is 16.6. The molecule has 0 N–H and O–H groups in total. The number of carbonyl (C=O) groups is 2. The van der Waals surface area contributed by atoms with E-state index in [-0.39, 0.29) is 5.92 Å². The number of rotatable bonds is 12. The third-order valence-electron chi connectivity index (χ3n) is 8.44. The maximum Gasteiger partial charge on any atom is 0.336 e. The lowest BCUT2D eigenvalue weighted by Gasteiger charge is -2.20. The molecule has 0 saturated heterocycles. The normalized spacial score (nSPS) is 12.2. The van der Waals surface area contributed by atoms with Gasteiger partial charge in [-0.1, -0.05) is 108 Å². The summed E-state index contributed by atoms with van der Waals surface area (Å²) in [4.78, 5) is 26.2. The van der Waals surface area contributed by atoms with E-state index in [0.717, 1.165) is 44.5 Å². The Balaban J connectivity index is 1.86. The Kier molecular flexibility index (Phi) is 13.0. The largest absolute Gasteiger partial charge is 0.497 e. The minimum absolute atomic E-state index is 0.0261. The van der Waals surface area contributed by atoms with Gasteiger partial charge in [-0.05, 0) is 125 Å². The van der Waals surface area contributed by atoms with Gasteiger partial charge in [-0.25, -0.2) is 9.59 Å². The van der Waals surface area contributed by atoms with Gasteiger partial charge in [0.05, 0.1) is 7.11 Å². The quantitative estimate of drug-likeness (QED) is 0.0643. The van der Waals surface area contributed by atoms with Gasteiger partial charge in [-0.3, -0.25) is 0 Å². The van der Waals surface area contributed by atoms with Crippen LogP contribution in [0.2, 0.25) is 0 Å². The lowest BCUT2D eigenvalue weighted by Crippen LogP contribution is -2.22. The predicted octanol–water partition coefficient (Wildman–Crippen LogP) is 11.9. The van der Waals surface area contributed by atoms with Crippen molar-refractivity contribution in [1.29, 1.82) is 0 Å². The van der Waals surface area contributed by atoms with E-state index in [1.54, 1.807) is 19.3 Å². The molecule has 4 aromatic carbocycles. The average Bonchev–Trinajstić information content (AvgIpc) is 3.08. The number of benzene rings is 4. The van der Waals surface area contributed by atoms with Gasteiger partial charge in [0.15, 0.2) is 0 Å². The van der Waals surface area contributed by atoms with Crippen molar-refractivity contribution in [1.82, 2.24) is 0 Å². The van der Waals surface area contributed by atoms with Crippen molar-refractivity contribution < 1.29 is 23.8 Å². The zero-order valence-electron chi connectivity index (χ0n) is 31.7. The zero-order valence-corrected chi connectivity index (χ0v) is 31.7. The molecule has 0 aromatic heterocycles. The molecule has 0 spiro atoms. The van der Waals surface area contributed by atoms with Crippen LogP contribution in [0.3, 0.4) is 0 Å². The highest BCUT2D eigenvalue weighted by Gasteiger charge is 2.19. The standard InChI is InChI=1S/C46H52O5/c1-30(2)34-18-15-33(16-19-34)17-20-36-21-23-37(49-10)27-42(36)43-29-38(50-44(47)25-22-35-13-11-12-14-39(35)31(3)4)28-41(32(5)6)40(43)24-26-45(48)51-46(7,8)9/h11-32H,1-10H3/b20-17+,25-22+,26-24+. The fourth-order valence-corrected chi connectivity index (χ4v) is 5.80. The minimum atomic E-state index is -0.634. The van der Waals surface area contributed by atoms with E-state index < -0.39 is 17.5 Å². The van der Waals surface area contributed by atoms with Crippen LogP contribution in [-0.4, -0.2) is 24.6 Å². The molecule has 4 aromatic rings. The van der Waals surface area contributed by atoms with Crippen LogP contribution >= 0.6 is 0 Å². The number of hydrogen-bond donors (Lipinski definition) is 0. The van der Waals surface area contributed by atoms with Gasteiger partial charge in [0.25, 0.3) is 0 Å². The smallest absolute Gasteiger partial charge is 0.336 e. The number of carbonyl (C=O) groups excluding carboxylic acids is 2. The van der Waals surface area contributed by atoms with Crippen molar-refractivity contribution in [3.05, 3.63) is 130 Å². The highest BCUT2D eigenvalue weighted by Crippen LogP contribution is 2.39. The van der Waals surface area contributed by atoms with E-state index in [0.29, 0.717) is 23.3 Å². The molecule has 0 bridgehead atoms. The van der Waals surface area contributed by atoms with Gasteiger partial charge in [0.1, 0.15) is 17.1 Å². The van der Waals surface area contributed by atoms with Crippen molar-refractivity contribution in [3.63, 3.8) is 0 Å². The van der Waals surface area contributed by atoms with Crippen LogP contribution in [-0.2, 0) is 14.3 Å².